The van der Waals surface area contributed by atoms with Crippen molar-refractivity contribution in [3.63, 3.8) is 0 Å². The molecule has 1 aliphatic rings. The van der Waals surface area contributed by atoms with Gasteiger partial charge in [-0.25, -0.2) is 4.98 Å². The quantitative estimate of drug-likeness (QED) is 0.740. The summed E-state index contributed by atoms with van der Waals surface area (Å²) in [6, 6.07) is 10.6. The van der Waals surface area contributed by atoms with E-state index in [0.717, 1.165) is 11.4 Å². The number of benzene rings is 1. The lowest BCUT2D eigenvalue weighted by Gasteiger charge is -2.11. The average molecular weight is 293 g/mol. The van der Waals surface area contributed by atoms with Crippen LogP contribution >= 0.6 is 11.3 Å². The van der Waals surface area contributed by atoms with Crippen LogP contribution in [-0.4, -0.2) is 4.98 Å². The standard InChI is InChI=1S/C19H19NS/c1-3-16-13-21-19(20-16)17-11-7-8-14(2)12-18(17)15-9-5-4-6-10-15/h4-14H,3H2,1-2H3. The van der Waals surface area contributed by atoms with Gasteiger partial charge in [0.1, 0.15) is 5.01 Å². The van der Waals surface area contributed by atoms with Gasteiger partial charge in [-0.2, -0.15) is 0 Å². The monoisotopic (exact) mass is 293 g/mol. The molecule has 2 heteroatoms. The molecule has 0 amide bonds. The van der Waals surface area contributed by atoms with E-state index in [2.05, 4.69) is 73.9 Å². The number of aryl methyl sites for hydroxylation is 1. The highest BCUT2D eigenvalue weighted by Crippen LogP contribution is 2.35. The molecule has 106 valence electrons. The first-order valence-electron chi connectivity index (χ1n) is 7.39. The van der Waals surface area contributed by atoms with Gasteiger partial charge in [-0.3, -0.25) is 0 Å². The molecule has 0 aliphatic heterocycles. The Morgan fingerprint density at radius 1 is 1.14 bits per heavy atom. The summed E-state index contributed by atoms with van der Waals surface area (Å²) in [5.74, 6) is 0.430. The smallest absolute Gasteiger partial charge is 0.124 e. The van der Waals surface area contributed by atoms with E-state index in [1.165, 1.54) is 22.4 Å². The Balaban J connectivity index is 2.09. The molecule has 1 heterocycles. The number of rotatable bonds is 3. The van der Waals surface area contributed by atoms with E-state index < -0.39 is 0 Å². The first kappa shape index (κ1) is 14.0. The third kappa shape index (κ3) is 3.06. The molecule has 3 rings (SSSR count). The van der Waals surface area contributed by atoms with Gasteiger partial charge in [-0.1, -0.05) is 68.5 Å². The van der Waals surface area contributed by atoms with Crippen molar-refractivity contribution in [3.05, 3.63) is 76.3 Å². The Kier molecular flexibility index (Phi) is 4.16. The first-order chi connectivity index (χ1) is 10.3. The van der Waals surface area contributed by atoms with Crippen molar-refractivity contribution in [1.29, 1.82) is 0 Å². The summed E-state index contributed by atoms with van der Waals surface area (Å²) >= 11 is 1.74. The van der Waals surface area contributed by atoms with Crippen molar-refractivity contribution in [2.45, 2.75) is 20.3 Å². The zero-order valence-electron chi connectivity index (χ0n) is 12.4. The molecule has 0 saturated carbocycles. The van der Waals surface area contributed by atoms with Gasteiger partial charge >= 0.3 is 0 Å². The molecule has 1 aromatic heterocycles. The number of thiazole rings is 1. The fraction of sp³-hybridized carbons (Fsp3) is 0.211. The molecule has 1 aromatic carbocycles. The van der Waals surface area contributed by atoms with Crippen LogP contribution in [0.15, 0.2) is 60.0 Å². The molecular formula is C19H19NS. The zero-order chi connectivity index (χ0) is 14.7. The van der Waals surface area contributed by atoms with E-state index in [0.29, 0.717) is 5.92 Å². The molecule has 2 aromatic rings. The average Bonchev–Trinajstić information content (AvgIpc) is 2.91. The van der Waals surface area contributed by atoms with Crippen molar-refractivity contribution in [2.24, 2.45) is 5.92 Å². The van der Waals surface area contributed by atoms with Crippen molar-refractivity contribution in [3.8, 4) is 0 Å². The van der Waals surface area contributed by atoms with Crippen molar-refractivity contribution < 1.29 is 0 Å². The number of nitrogens with zero attached hydrogens (tertiary/aromatic N) is 1. The zero-order valence-corrected chi connectivity index (χ0v) is 13.2. The summed E-state index contributed by atoms with van der Waals surface area (Å²) in [4.78, 5) is 4.77. The van der Waals surface area contributed by atoms with Gasteiger partial charge in [0.2, 0.25) is 0 Å². The third-order valence-electron chi connectivity index (χ3n) is 3.63. The van der Waals surface area contributed by atoms with Crippen LogP contribution in [0.5, 0.6) is 0 Å². The summed E-state index contributed by atoms with van der Waals surface area (Å²) in [7, 11) is 0. The van der Waals surface area contributed by atoms with E-state index in [1.807, 2.05) is 0 Å². The summed E-state index contributed by atoms with van der Waals surface area (Å²) in [6.45, 7) is 4.37. The Morgan fingerprint density at radius 3 is 2.67 bits per heavy atom. The predicted molar refractivity (Wildman–Crippen MR) is 92.2 cm³/mol. The maximum absolute atomic E-state index is 4.77. The van der Waals surface area contributed by atoms with Crippen LogP contribution < -0.4 is 0 Å². The van der Waals surface area contributed by atoms with Gasteiger partial charge in [0.05, 0.1) is 5.69 Å². The maximum atomic E-state index is 4.77. The fourth-order valence-corrected chi connectivity index (χ4v) is 3.42. The van der Waals surface area contributed by atoms with Gasteiger partial charge in [0.15, 0.2) is 0 Å². The molecule has 1 unspecified atom stereocenters. The second kappa shape index (κ2) is 6.23. The van der Waals surface area contributed by atoms with E-state index in [-0.39, 0.29) is 0 Å². The van der Waals surface area contributed by atoms with E-state index in [1.54, 1.807) is 11.3 Å². The minimum absolute atomic E-state index is 0.430. The molecule has 0 radical (unpaired) electrons. The summed E-state index contributed by atoms with van der Waals surface area (Å²) in [6.07, 6.45) is 9.89. The molecule has 1 aliphatic carbocycles. The van der Waals surface area contributed by atoms with Crippen LogP contribution in [0, 0.1) is 5.92 Å². The number of hydrogen-bond acceptors (Lipinski definition) is 2. The second-order valence-corrected chi connectivity index (χ2v) is 6.13. The van der Waals surface area contributed by atoms with Crippen molar-refractivity contribution in [1.82, 2.24) is 4.98 Å². The minimum Gasteiger partial charge on any atom is -0.241 e. The van der Waals surface area contributed by atoms with Crippen LogP contribution in [0.1, 0.15) is 30.1 Å². The second-order valence-electron chi connectivity index (χ2n) is 5.27. The summed E-state index contributed by atoms with van der Waals surface area (Å²) in [5, 5.41) is 3.28. The van der Waals surface area contributed by atoms with Crippen molar-refractivity contribution in [2.75, 3.05) is 0 Å². The Bertz CT molecular complexity index is 704. The van der Waals surface area contributed by atoms with Gasteiger partial charge < -0.3 is 0 Å². The van der Waals surface area contributed by atoms with Gasteiger partial charge in [-0.05, 0) is 23.5 Å². The minimum atomic E-state index is 0.430. The van der Waals surface area contributed by atoms with Crippen LogP contribution in [0.3, 0.4) is 0 Å². The Hall–Kier alpha value is -1.93. The van der Waals surface area contributed by atoms with Crippen LogP contribution in [-0.2, 0) is 6.42 Å². The van der Waals surface area contributed by atoms with Crippen LogP contribution in [0.4, 0.5) is 0 Å². The van der Waals surface area contributed by atoms with Crippen molar-refractivity contribution >= 4 is 22.5 Å². The Labute approximate surface area is 130 Å². The molecule has 0 spiro atoms. The van der Waals surface area contributed by atoms with Crippen LogP contribution in [0.25, 0.3) is 11.1 Å². The summed E-state index contributed by atoms with van der Waals surface area (Å²) in [5.41, 5.74) is 4.94. The van der Waals surface area contributed by atoms with Crippen LogP contribution in [0.2, 0.25) is 0 Å². The Morgan fingerprint density at radius 2 is 1.95 bits per heavy atom. The molecule has 1 atom stereocenters. The normalized spacial score (nSPS) is 18.1. The fourth-order valence-electron chi connectivity index (χ4n) is 2.47. The number of hydrogen-bond donors (Lipinski definition) is 0. The highest BCUT2D eigenvalue weighted by Gasteiger charge is 2.15. The first-order valence-corrected chi connectivity index (χ1v) is 8.26. The predicted octanol–water partition coefficient (Wildman–Crippen LogP) is 5.38. The van der Waals surface area contributed by atoms with Gasteiger partial charge in [0, 0.05) is 11.0 Å². The maximum Gasteiger partial charge on any atom is 0.124 e. The van der Waals surface area contributed by atoms with E-state index >= 15 is 0 Å². The molecular weight excluding hydrogens is 274 g/mol. The molecule has 0 saturated heterocycles. The molecule has 0 fully saturated rings. The van der Waals surface area contributed by atoms with Gasteiger partial charge in [0.25, 0.3) is 0 Å². The topological polar surface area (TPSA) is 12.9 Å². The molecule has 1 nitrogen and oxygen atoms in total. The largest absolute Gasteiger partial charge is 0.241 e. The van der Waals surface area contributed by atoms with E-state index in [9.17, 15) is 0 Å². The molecule has 0 bridgehead atoms. The number of allylic oxidation sites excluding steroid dienone is 6. The third-order valence-corrected chi connectivity index (χ3v) is 4.55. The number of aromatic nitrogens is 1. The highest BCUT2D eigenvalue weighted by molar-refractivity contribution is 7.11. The highest BCUT2D eigenvalue weighted by atomic mass is 32.1. The molecule has 0 N–H and O–H groups in total. The lowest BCUT2D eigenvalue weighted by atomic mass is 9.96. The van der Waals surface area contributed by atoms with E-state index in [4.69, 9.17) is 4.98 Å². The lowest BCUT2D eigenvalue weighted by molar-refractivity contribution is 0.945. The lowest BCUT2D eigenvalue weighted by Crippen LogP contribution is -1.93. The SMILES string of the molecule is CCc1csc(C2=CC=CC(C)C=C2c2ccccc2)n1. The van der Waals surface area contributed by atoms with Gasteiger partial charge in [-0.15, -0.1) is 11.3 Å². The summed E-state index contributed by atoms with van der Waals surface area (Å²) < 4.78 is 0. The molecule has 21 heavy (non-hydrogen) atoms.